The van der Waals surface area contributed by atoms with Gasteiger partial charge in [0.15, 0.2) is 29.1 Å². The lowest BCUT2D eigenvalue weighted by Gasteiger charge is -2.48. The number of aliphatic hydroxyl groups excluding tert-OH is 1. The van der Waals surface area contributed by atoms with Gasteiger partial charge in [-0.25, -0.2) is 14.2 Å². The number of hydrogen-bond donors (Lipinski definition) is 3. The third-order valence-electron chi connectivity index (χ3n) is 11.9. The van der Waals surface area contributed by atoms with Crippen LogP contribution in [0.15, 0.2) is 36.4 Å². The molecular formula is C42H59FN4O10S. The molecule has 4 N–H and O–H groups in total. The van der Waals surface area contributed by atoms with Gasteiger partial charge in [-0.3, -0.25) is 14.4 Å². The van der Waals surface area contributed by atoms with Gasteiger partial charge < -0.3 is 44.7 Å². The quantitative estimate of drug-likeness (QED) is 0.217. The Morgan fingerprint density at radius 2 is 1.79 bits per heavy atom. The number of carbonyl (C=O) groups excluding carboxylic acids is 4. The molecule has 0 unspecified atom stereocenters. The number of halogens is 1. The van der Waals surface area contributed by atoms with Crippen LogP contribution in [-0.2, 0) is 38.1 Å². The number of aliphatic hydroxyl groups is 1. The molecule has 3 fully saturated rings. The van der Waals surface area contributed by atoms with Crippen LogP contribution in [0.4, 0.5) is 15.0 Å². The van der Waals surface area contributed by atoms with E-state index < -0.39 is 101 Å². The van der Waals surface area contributed by atoms with Gasteiger partial charge in [0, 0.05) is 29.2 Å². The Hall–Kier alpha value is -3.80. The molecule has 3 aliphatic rings. The topological polar surface area (TPSA) is 189 Å². The van der Waals surface area contributed by atoms with Crippen molar-refractivity contribution < 1.29 is 52.4 Å². The molecule has 0 bridgehead atoms. The number of cyclic esters (lactones) is 1. The van der Waals surface area contributed by atoms with Gasteiger partial charge in [-0.15, -0.1) is 11.3 Å². The highest BCUT2D eigenvalue weighted by atomic mass is 32.1. The summed E-state index contributed by atoms with van der Waals surface area (Å²) < 4.78 is 48.4. The van der Waals surface area contributed by atoms with E-state index in [-0.39, 0.29) is 19.1 Å². The summed E-state index contributed by atoms with van der Waals surface area (Å²) in [4.78, 5) is 63.4. The minimum Gasteiger partial charge on any atom is -0.458 e. The number of likely N-dealkylation sites (N-methyl/N-ethyl adjacent to an activating group) is 1. The van der Waals surface area contributed by atoms with Gasteiger partial charge in [0.1, 0.15) is 23.9 Å². The number of nitrogens with zero attached hydrogens (tertiary/aromatic N) is 2. The SMILES string of the molecule is CC[C@H]1OC(=O)[C@H](C)C(=O)[C@H](C)[C@@H](O[C@@H]2O[C@H](C)C[C@H](N(C)C)[C@H]2O)[C@](C)(OC/C=C/c2ccc(-c3cccc(N)n3)s2)C[C@](C)(F)C(=O)[C@H](C)[C@@H]2NC(=O)O[C@]12C. The van der Waals surface area contributed by atoms with Crippen molar-refractivity contribution in [3.05, 3.63) is 41.3 Å². The maximum absolute atomic E-state index is 17.5. The van der Waals surface area contributed by atoms with Gasteiger partial charge in [0.05, 0.1) is 41.0 Å². The average Bonchev–Trinajstić information content (AvgIpc) is 3.77. The molecule has 320 valence electrons. The van der Waals surface area contributed by atoms with Crippen LogP contribution in [0.5, 0.6) is 0 Å². The van der Waals surface area contributed by atoms with Crippen molar-refractivity contribution in [1.29, 1.82) is 0 Å². The number of nitrogens with two attached hydrogens (primary N) is 1. The predicted octanol–water partition coefficient (Wildman–Crippen LogP) is 5.36. The summed E-state index contributed by atoms with van der Waals surface area (Å²) in [5.41, 5.74) is 0.626. The Morgan fingerprint density at radius 3 is 2.45 bits per heavy atom. The number of rotatable bonds is 9. The van der Waals surface area contributed by atoms with Crippen molar-refractivity contribution in [2.75, 3.05) is 26.4 Å². The van der Waals surface area contributed by atoms with Crippen molar-refractivity contribution in [2.24, 2.45) is 17.8 Å². The second kappa shape index (κ2) is 17.8. The van der Waals surface area contributed by atoms with Crippen LogP contribution in [0, 0.1) is 17.8 Å². The number of nitrogens with one attached hydrogen (secondary N) is 1. The molecule has 0 aromatic carbocycles. The molecule has 5 heterocycles. The number of nitrogen functional groups attached to an aromatic ring is 1. The van der Waals surface area contributed by atoms with Crippen LogP contribution >= 0.6 is 11.3 Å². The van der Waals surface area contributed by atoms with Crippen LogP contribution in [0.25, 0.3) is 16.6 Å². The molecular weight excluding hydrogens is 772 g/mol. The predicted molar refractivity (Wildman–Crippen MR) is 216 cm³/mol. The van der Waals surface area contributed by atoms with Crippen LogP contribution in [0.1, 0.15) is 79.5 Å². The molecule has 0 spiro atoms. The number of esters is 1. The number of alkyl halides is 1. The highest BCUT2D eigenvalue weighted by molar-refractivity contribution is 7.16. The number of pyridine rings is 1. The van der Waals surface area contributed by atoms with Crippen molar-refractivity contribution >= 4 is 46.9 Å². The average molecular weight is 831 g/mol. The fraction of sp³-hybridized carbons (Fsp3) is 0.643. The molecule has 0 saturated carbocycles. The third kappa shape index (κ3) is 9.47. The first-order valence-corrected chi connectivity index (χ1v) is 20.7. The lowest BCUT2D eigenvalue weighted by atomic mass is 9.72. The van der Waals surface area contributed by atoms with E-state index in [2.05, 4.69) is 10.3 Å². The monoisotopic (exact) mass is 830 g/mol. The molecule has 3 aliphatic heterocycles. The summed E-state index contributed by atoms with van der Waals surface area (Å²) in [6.07, 6.45) is -2.58. The minimum atomic E-state index is -2.64. The van der Waals surface area contributed by atoms with E-state index in [1.807, 2.05) is 56.3 Å². The van der Waals surface area contributed by atoms with Gasteiger partial charge in [-0.2, -0.15) is 0 Å². The normalized spacial score (nSPS) is 37.9. The van der Waals surface area contributed by atoms with Gasteiger partial charge >= 0.3 is 12.1 Å². The second-order valence-corrected chi connectivity index (χ2v) is 17.9. The van der Waals surface area contributed by atoms with E-state index in [1.165, 1.54) is 39.0 Å². The fourth-order valence-corrected chi connectivity index (χ4v) is 9.63. The number of thiophene rings is 1. The number of amides is 1. The molecule has 5 rings (SSSR count). The molecule has 16 heteroatoms. The molecule has 2 aromatic rings. The first-order chi connectivity index (χ1) is 27.1. The lowest BCUT2D eigenvalue weighted by molar-refractivity contribution is -0.297. The van der Waals surface area contributed by atoms with E-state index in [0.717, 1.165) is 22.4 Å². The molecule has 14 nitrogen and oxygen atoms in total. The number of ketones is 2. The van der Waals surface area contributed by atoms with Crippen molar-refractivity contribution in [2.45, 2.75) is 134 Å². The summed E-state index contributed by atoms with van der Waals surface area (Å²) in [6.45, 7) is 12.1. The second-order valence-electron chi connectivity index (χ2n) is 16.8. The minimum absolute atomic E-state index is 0.119. The smallest absolute Gasteiger partial charge is 0.408 e. The number of anilines is 1. The number of hydrogen-bond acceptors (Lipinski definition) is 14. The Morgan fingerprint density at radius 1 is 1.09 bits per heavy atom. The summed E-state index contributed by atoms with van der Waals surface area (Å²) in [5.74, 6) is -5.67. The van der Waals surface area contributed by atoms with Crippen molar-refractivity contribution in [3.8, 4) is 10.6 Å². The third-order valence-corrected chi connectivity index (χ3v) is 12.9. The van der Waals surface area contributed by atoms with Crippen LogP contribution in [-0.4, -0.2) is 119 Å². The number of fused-ring (bicyclic) bond motifs is 1. The number of alkyl carbamates (subject to hydrolysis) is 1. The Balaban J connectivity index is 1.57. The van der Waals surface area contributed by atoms with Crippen molar-refractivity contribution in [1.82, 2.24) is 15.2 Å². The van der Waals surface area contributed by atoms with E-state index in [1.54, 1.807) is 26.0 Å². The molecule has 13 atom stereocenters. The lowest BCUT2D eigenvalue weighted by Crippen LogP contribution is -2.62. The molecule has 3 saturated heterocycles. The van der Waals surface area contributed by atoms with Crippen molar-refractivity contribution in [3.63, 3.8) is 0 Å². The Kier molecular flexibility index (Phi) is 13.9. The summed E-state index contributed by atoms with van der Waals surface area (Å²) >= 11 is 1.47. The van der Waals surface area contributed by atoms with Crippen LogP contribution in [0.2, 0.25) is 0 Å². The molecule has 0 radical (unpaired) electrons. The first kappa shape index (κ1) is 45.3. The zero-order valence-electron chi connectivity index (χ0n) is 35.0. The fourth-order valence-electron chi connectivity index (χ4n) is 8.73. The highest BCUT2D eigenvalue weighted by Gasteiger charge is 2.59. The summed E-state index contributed by atoms with van der Waals surface area (Å²) in [5, 5.41) is 14.2. The standard InChI is InChI=1S/C42H59FN4O10S/c1-11-30-42(8)34(46-39(52)57-42)25(5)35(50)40(6,43)21-41(7,53-19-13-14-26-17-18-29(58-26)27-15-12-16-31(44)45-27)36(23(3)32(48)24(4)37(51)55-30)56-38-33(49)28(47(9)10)20-22(2)54-38/h12-18,22-25,28,30,33-34,36,38,49H,11,19-21H2,1-10H3,(H2,44,45)(H,46,52)/b14-13+/t22-,23+,24-,25-,28+,30-,33-,34+,36-,38+,40+,41-,42-/m1/s1. The van der Waals surface area contributed by atoms with E-state index in [4.69, 9.17) is 29.4 Å². The molecule has 0 aliphatic carbocycles. The number of carbonyl (C=O) groups is 4. The molecule has 58 heavy (non-hydrogen) atoms. The van der Waals surface area contributed by atoms with E-state index in [0.29, 0.717) is 12.2 Å². The zero-order chi connectivity index (χ0) is 42.9. The van der Waals surface area contributed by atoms with Gasteiger partial charge in [0.2, 0.25) is 0 Å². The summed E-state index contributed by atoms with van der Waals surface area (Å²) in [7, 11) is 3.64. The van der Waals surface area contributed by atoms with E-state index in [9.17, 15) is 24.3 Å². The van der Waals surface area contributed by atoms with Gasteiger partial charge in [0.25, 0.3) is 0 Å². The van der Waals surface area contributed by atoms with Gasteiger partial charge in [-0.1, -0.05) is 32.9 Å². The highest BCUT2D eigenvalue weighted by Crippen LogP contribution is 2.42. The maximum Gasteiger partial charge on any atom is 0.408 e. The van der Waals surface area contributed by atoms with Gasteiger partial charge in [-0.05, 0) is 91.9 Å². The Labute approximate surface area is 344 Å². The summed E-state index contributed by atoms with van der Waals surface area (Å²) in [6, 6.07) is 7.72. The number of ether oxygens (including phenoxy) is 5. The van der Waals surface area contributed by atoms with Crippen LogP contribution < -0.4 is 11.1 Å². The van der Waals surface area contributed by atoms with Crippen LogP contribution in [0.3, 0.4) is 0 Å². The maximum atomic E-state index is 17.5. The molecule has 1 amide bonds. The Bertz CT molecular complexity index is 1860. The largest absolute Gasteiger partial charge is 0.458 e. The first-order valence-electron chi connectivity index (χ1n) is 19.9. The van der Waals surface area contributed by atoms with E-state index >= 15 is 4.39 Å². The number of aromatic nitrogens is 1. The zero-order valence-corrected chi connectivity index (χ0v) is 35.8. The number of Topliss-reactive ketones (excluding diaryl/α,β-unsaturated/α-hetero) is 2. The molecule has 2 aromatic heterocycles.